The molecule has 0 radical (unpaired) electrons. The normalized spacial score (nSPS) is 11.6. The van der Waals surface area contributed by atoms with Gasteiger partial charge in [-0.05, 0) is 43.2 Å². The molecule has 2 aromatic carbocycles. The summed E-state index contributed by atoms with van der Waals surface area (Å²) in [6.45, 7) is 3.63. The number of hydrogen-bond donors (Lipinski definition) is 2. The highest BCUT2D eigenvalue weighted by molar-refractivity contribution is 14.0. The Labute approximate surface area is 189 Å². The van der Waals surface area contributed by atoms with Gasteiger partial charge in [-0.15, -0.1) is 35.7 Å². The van der Waals surface area contributed by atoms with Gasteiger partial charge < -0.3 is 10.6 Å². The van der Waals surface area contributed by atoms with Crippen molar-refractivity contribution in [3.63, 3.8) is 0 Å². The Kier molecular flexibility index (Phi) is 10.9. The Morgan fingerprint density at radius 3 is 2.18 bits per heavy atom. The molecular formula is C20H28IN3O2S2. The fourth-order valence-corrected chi connectivity index (χ4v) is 3.82. The number of halogens is 1. The van der Waals surface area contributed by atoms with Crippen molar-refractivity contribution >= 4 is 51.5 Å². The summed E-state index contributed by atoms with van der Waals surface area (Å²) in [7, 11) is -1.39. The number of nitrogens with zero attached hydrogens (tertiary/aromatic N) is 1. The molecule has 0 heterocycles. The van der Waals surface area contributed by atoms with Gasteiger partial charge in [0, 0.05) is 37.0 Å². The molecule has 2 N–H and O–H groups in total. The van der Waals surface area contributed by atoms with Gasteiger partial charge in [0.05, 0.1) is 4.90 Å². The number of sulfone groups is 1. The van der Waals surface area contributed by atoms with Crippen molar-refractivity contribution in [3.8, 4) is 0 Å². The van der Waals surface area contributed by atoms with Gasteiger partial charge in [-0.3, -0.25) is 4.99 Å². The van der Waals surface area contributed by atoms with Crippen molar-refractivity contribution in [3.05, 3.63) is 59.7 Å². The molecule has 2 rings (SSSR count). The van der Waals surface area contributed by atoms with Crippen LogP contribution in [0.2, 0.25) is 0 Å². The first-order valence-corrected chi connectivity index (χ1v) is 11.7. The average Bonchev–Trinajstić information content (AvgIpc) is 2.65. The van der Waals surface area contributed by atoms with Crippen molar-refractivity contribution < 1.29 is 8.42 Å². The molecule has 0 spiro atoms. The molecule has 0 fully saturated rings. The minimum Gasteiger partial charge on any atom is -0.356 e. The molecule has 0 amide bonds. The zero-order valence-electron chi connectivity index (χ0n) is 16.4. The second-order valence-electron chi connectivity index (χ2n) is 6.25. The highest BCUT2D eigenvalue weighted by Gasteiger charge is 2.06. The van der Waals surface area contributed by atoms with Crippen LogP contribution in [0.1, 0.15) is 11.1 Å². The van der Waals surface area contributed by atoms with Gasteiger partial charge in [0.2, 0.25) is 0 Å². The SMILES string of the molecule is CN=C(NCCSc1ccc(C)cc1)NCCc1ccc(S(C)(=O)=O)cc1.I. The van der Waals surface area contributed by atoms with E-state index in [1.54, 1.807) is 19.2 Å². The van der Waals surface area contributed by atoms with Crippen LogP contribution in [0.4, 0.5) is 0 Å². The highest BCUT2D eigenvalue weighted by atomic mass is 127. The Bertz CT molecular complexity index is 852. The molecule has 0 atom stereocenters. The maximum absolute atomic E-state index is 11.5. The van der Waals surface area contributed by atoms with E-state index in [2.05, 4.69) is 46.8 Å². The Balaban J connectivity index is 0.00000392. The zero-order chi connectivity index (χ0) is 19.7. The average molecular weight is 534 g/mol. The number of guanidine groups is 1. The van der Waals surface area contributed by atoms with Gasteiger partial charge in [0.15, 0.2) is 15.8 Å². The number of benzene rings is 2. The Hall–Kier alpha value is -1.26. The first-order valence-electron chi connectivity index (χ1n) is 8.81. The minimum atomic E-state index is -3.14. The van der Waals surface area contributed by atoms with E-state index < -0.39 is 9.84 Å². The molecule has 8 heteroatoms. The summed E-state index contributed by atoms with van der Waals surface area (Å²) in [6.07, 6.45) is 2.01. The topological polar surface area (TPSA) is 70.6 Å². The standard InChI is InChI=1S/C20H27N3O2S2.HI/c1-16-4-8-18(9-5-16)26-15-14-23-20(21-2)22-13-12-17-6-10-19(11-7-17)27(3,24)25;/h4-11H,12-15H2,1-3H3,(H2,21,22,23);1H. The van der Waals surface area contributed by atoms with Crippen LogP contribution in [0.15, 0.2) is 63.3 Å². The summed E-state index contributed by atoms with van der Waals surface area (Å²) < 4.78 is 23.0. The molecule has 0 saturated carbocycles. The number of hydrogen-bond acceptors (Lipinski definition) is 4. The molecule has 0 unspecified atom stereocenters. The van der Waals surface area contributed by atoms with E-state index in [1.807, 2.05) is 23.9 Å². The zero-order valence-corrected chi connectivity index (χ0v) is 20.4. The van der Waals surface area contributed by atoms with Crippen molar-refractivity contribution in [2.24, 2.45) is 4.99 Å². The van der Waals surface area contributed by atoms with Crippen molar-refractivity contribution in [1.29, 1.82) is 0 Å². The fourth-order valence-electron chi connectivity index (χ4n) is 2.42. The lowest BCUT2D eigenvalue weighted by Gasteiger charge is -2.12. The summed E-state index contributed by atoms with van der Waals surface area (Å²) in [5, 5.41) is 6.59. The van der Waals surface area contributed by atoms with Crippen LogP contribution in [0.5, 0.6) is 0 Å². The lowest BCUT2D eigenvalue weighted by atomic mass is 10.1. The lowest BCUT2D eigenvalue weighted by molar-refractivity contribution is 0.602. The first kappa shape index (κ1) is 24.8. The highest BCUT2D eigenvalue weighted by Crippen LogP contribution is 2.17. The van der Waals surface area contributed by atoms with Crippen molar-refractivity contribution in [2.75, 3.05) is 32.1 Å². The lowest BCUT2D eigenvalue weighted by Crippen LogP contribution is -2.39. The smallest absolute Gasteiger partial charge is 0.191 e. The van der Waals surface area contributed by atoms with Gasteiger partial charge in [-0.1, -0.05) is 29.8 Å². The molecule has 0 aliphatic heterocycles. The molecule has 154 valence electrons. The van der Waals surface area contributed by atoms with Crippen LogP contribution in [0, 0.1) is 6.92 Å². The van der Waals surface area contributed by atoms with E-state index in [9.17, 15) is 8.42 Å². The molecule has 0 saturated heterocycles. The van der Waals surface area contributed by atoms with Gasteiger partial charge in [-0.2, -0.15) is 0 Å². The number of nitrogens with one attached hydrogen (secondary N) is 2. The minimum absolute atomic E-state index is 0. The van der Waals surface area contributed by atoms with Gasteiger partial charge in [0.1, 0.15) is 0 Å². The summed E-state index contributed by atoms with van der Waals surface area (Å²) in [6, 6.07) is 15.5. The first-order chi connectivity index (χ1) is 12.9. The van der Waals surface area contributed by atoms with E-state index in [0.717, 1.165) is 36.8 Å². The van der Waals surface area contributed by atoms with E-state index in [-0.39, 0.29) is 24.0 Å². The van der Waals surface area contributed by atoms with Crippen LogP contribution < -0.4 is 10.6 Å². The third-order valence-electron chi connectivity index (χ3n) is 3.97. The molecule has 0 bridgehead atoms. The molecule has 28 heavy (non-hydrogen) atoms. The number of aliphatic imine (C=N–C) groups is 1. The van der Waals surface area contributed by atoms with Gasteiger partial charge in [0.25, 0.3) is 0 Å². The van der Waals surface area contributed by atoms with Gasteiger partial charge >= 0.3 is 0 Å². The van der Waals surface area contributed by atoms with Crippen molar-refractivity contribution in [1.82, 2.24) is 10.6 Å². The van der Waals surface area contributed by atoms with E-state index in [4.69, 9.17) is 0 Å². The van der Waals surface area contributed by atoms with Gasteiger partial charge in [-0.25, -0.2) is 8.42 Å². The monoisotopic (exact) mass is 533 g/mol. The van der Waals surface area contributed by atoms with Crippen LogP contribution in [-0.4, -0.2) is 46.5 Å². The third kappa shape index (κ3) is 8.83. The molecular weight excluding hydrogens is 505 g/mol. The van der Waals surface area contributed by atoms with Crippen LogP contribution in [0.3, 0.4) is 0 Å². The summed E-state index contributed by atoms with van der Waals surface area (Å²) in [5.74, 6) is 1.73. The Morgan fingerprint density at radius 2 is 1.61 bits per heavy atom. The maximum Gasteiger partial charge on any atom is 0.191 e. The third-order valence-corrected chi connectivity index (χ3v) is 6.11. The summed E-state index contributed by atoms with van der Waals surface area (Å²) in [5.41, 5.74) is 2.35. The predicted octanol–water partition coefficient (Wildman–Crippen LogP) is 3.52. The molecule has 0 aliphatic rings. The van der Waals surface area contributed by atoms with Crippen LogP contribution in [-0.2, 0) is 16.3 Å². The molecule has 2 aromatic rings. The predicted molar refractivity (Wildman–Crippen MR) is 130 cm³/mol. The van der Waals surface area contributed by atoms with E-state index in [1.165, 1.54) is 16.7 Å². The van der Waals surface area contributed by atoms with Crippen LogP contribution in [0.25, 0.3) is 0 Å². The quantitative estimate of drug-likeness (QED) is 0.179. The number of aryl methyl sites for hydroxylation is 1. The molecule has 0 aliphatic carbocycles. The second kappa shape index (κ2) is 12.3. The van der Waals surface area contributed by atoms with Crippen molar-refractivity contribution in [2.45, 2.75) is 23.1 Å². The second-order valence-corrected chi connectivity index (χ2v) is 9.44. The molecule has 0 aromatic heterocycles. The summed E-state index contributed by atoms with van der Waals surface area (Å²) in [4.78, 5) is 5.84. The Morgan fingerprint density at radius 1 is 1.00 bits per heavy atom. The number of rotatable bonds is 8. The fraction of sp³-hybridized carbons (Fsp3) is 0.350. The summed E-state index contributed by atoms with van der Waals surface area (Å²) >= 11 is 1.81. The number of thioether (sulfide) groups is 1. The maximum atomic E-state index is 11.5. The van der Waals surface area contributed by atoms with E-state index >= 15 is 0 Å². The largest absolute Gasteiger partial charge is 0.356 e. The van der Waals surface area contributed by atoms with E-state index in [0.29, 0.717) is 4.90 Å². The van der Waals surface area contributed by atoms with Crippen LogP contribution >= 0.6 is 35.7 Å². The molecule has 5 nitrogen and oxygen atoms in total.